The maximum Gasteiger partial charge on any atom is 0.647 e. The molecule has 1 atom stereocenters. The van der Waals surface area contributed by atoms with Crippen molar-refractivity contribution in [3.05, 3.63) is 89.5 Å². The average molecular weight is 488 g/mol. The Balaban J connectivity index is 0.000000440. The summed E-state index contributed by atoms with van der Waals surface area (Å²) in [5.74, 6) is -0.163. The van der Waals surface area contributed by atoms with E-state index in [1.807, 2.05) is 57.2 Å². The van der Waals surface area contributed by atoms with E-state index in [1.165, 1.54) is 0 Å². The fraction of sp³-hybridized carbons (Fsp3) is 0.308. The summed E-state index contributed by atoms with van der Waals surface area (Å²) in [4.78, 5) is 0. The average Bonchev–Trinajstić information content (AvgIpc) is 2.79. The largest absolute Gasteiger partial charge is 0.647 e. The van der Waals surface area contributed by atoms with E-state index >= 15 is 0 Å². The van der Waals surface area contributed by atoms with Crippen LogP contribution in [0.2, 0.25) is 0 Å². The van der Waals surface area contributed by atoms with Gasteiger partial charge in [0.1, 0.15) is 17.2 Å². The van der Waals surface area contributed by atoms with Crippen molar-refractivity contribution in [2.75, 3.05) is 6.61 Å². The van der Waals surface area contributed by atoms with Gasteiger partial charge >= 0.3 is 7.82 Å². The van der Waals surface area contributed by atoms with E-state index in [0.29, 0.717) is 30.3 Å². The molecule has 3 N–H and O–H groups in total. The number of hydrogen-bond acceptors (Lipinski definition) is 7. The molecule has 0 bridgehead atoms. The normalized spacial score (nSPS) is 12.7. The second-order valence-electron chi connectivity index (χ2n) is 7.79. The third-order valence-corrected chi connectivity index (χ3v) is 5.92. The van der Waals surface area contributed by atoms with Crippen molar-refractivity contribution in [3.8, 4) is 17.2 Å². The van der Waals surface area contributed by atoms with Gasteiger partial charge in [0, 0.05) is 13.0 Å². The van der Waals surface area contributed by atoms with E-state index in [4.69, 9.17) is 29.1 Å². The van der Waals surface area contributed by atoms with E-state index in [1.54, 1.807) is 50.2 Å². The minimum Gasteiger partial charge on any atom is -0.386 e. The molecule has 0 aliphatic heterocycles. The van der Waals surface area contributed by atoms with Crippen molar-refractivity contribution >= 4 is 7.82 Å². The first kappa shape index (κ1) is 27.4. The molecule has 0 saturated heterocycles. The fourth-order valence-electron chi connectivity index (χ4n) is 2.59. The molecule has 1 unspecified atom stereocenters. The summed E-state index contributed by atoms with van der Waals surface area (Å²) in [6.07, 6.45) is 0.418. The third-order valence-electron chi connectivity index (χ3n) is 4.62. The number of nitrogens with two attached hydrogens (primary N) is 1. The second-order valence-corrected chi connectivity index (χ2v) is 9.23. The van der Waals surface area contributed by atoms with Gasteiger partial charge < -0.3 is 23.4 Å². The molecule has 3 aromatic rings. The summed E-state index contributed by atoms with van der Waals surface area (Å²) in [5.41, 5.74) is 8.39. The summed E-state index contributed by atoms with van der Waals surface area (Å²) in [5, 5.41) is 8.88. The van der Waals surface area contributed by atoms with Crippen molar-refractivity contribution in [1.82, 2.24) is 0 Å². The van der Waals surface area contributed by atoms with Crippen LogP contribution in [0.15, 0.2) is 72.8 Å². The zero-order valence-corrected chi connectivity index (χ0v) is 21.2. The minimum absolute atomic E-state index is 0.415. The molecular formula is C26H34NO6P. The highest BCUT2D eigenvalue weighted by Gasteiger charge is 2.33. The molecule has 0 amide bonds. The van der Waals surface area contributed by atoms with Crippen LogP contribution in [0.4, 0.5) is 0 Å². The van der Waals surface area contributed by atoms with Crippen molar-refractivity contribution < 1.29 is 28.0 Å². The van der Waals surface area contributed by atoms with E-state index in [0.717, 1.165) is 16.7 Å². The number of phosphoric ester groups is 1. The van der Waals surface area contributed by atoms with Crippen LogP contribution in [0.25, 0.3) is 0 Å². The first-order valence-corrected chi connectivity index (χ1v) is 12.5. The smallest absolute Gasteiger partial charge is 0.386 e. The molecule has 184 valence electrons. The molecule has 0 saturated carbocycles. The van der Waals surface area contributed by atoms with Gasteiger partial charge in [-0.3, -0.25) is 5.73 Å². The number of ether oxygens (including phenoxy) is 1. The third kappa shape index (κ3) is 9.57. The molecule has 0 aliphatic carbocycles. The number of benzene rings is 3. The van der Waals surface area contributed by atoms with Crippen LogP contribution in [-0.2, 0) is 9.30 Å². The van der Waals surface area contributed by atoms with Crippen molar-refractivity contribution in [3.63, 3.8) is 0 Å². The zero-order chi connectivity index (χ0) is 25.2. The Morgan fingerprint density at radius 1 is 0.706 bits per heavy atom. The quantitative estimate of drug-likeness (QED) is 0.270. The van der Waals surface area contributed by atoms with Gasteiger partial charge in [-0.05, 0) is 64.1 Å². The number of hydrogen-bond donors (Lipinski definition) is 2. The number of rotatable bonds is 9. The highest BCUT2D eigenvalue weighted by molar-refractivity contribution is 7.49. The molecule has 7 nitrogen and oxygen atoms in total. The first-order valence-electron chi connectivity index (χ1n) is 11.1. The van der Waals surface area contributed by atoms with Gasteiger partial charge in [-0.15, -0.1) is 0 Å². The Hall–Kier alpha value is -2.83. The lowest BCUT2D eigenvalue weighted by atomic mass is 10.2. The maximum atomic E-state index is 13.3. The highest BCUT2D eigenvalue weighted by Crippen LogP contribution is 2.49. The summed E-state index contributed by atoms with van der Waals surface area (Å²) >= 11 is 0. The van der Waals surface area contributed by atoms with Crippen LogP contribution < -0.4 is 19.3 Å². The molecule has 3 aromatic carbocycles. The Labute approximate surface area is 202 Å². The first-order chi connectivity index (χ1) is 16.0. The van der Waals surface area contributed by atoms with Crippen molar-refractivity contribution in [2.24, 2.45) is 5.73 Å². The molecule has 0 heterocycles. The Bertz CT molecular complexity index is 928. The number of aryl methyl sites for hydroxylation is 3. The Morgan fingerprint density at radius 3 is 1.21 bits per heavy atom. The van der Waals surface area contributed by atoms with E-state index in [9.17, 15) is 4.57 Å². The molecule has 8 heteroatoms. The maximum absolute atomic E-state index is 13.3. The highest BCUT2D eigenvalue weighted by atomic mass is 31.2. The van der Waals surface area contributed by atoms with Crippen LogP contribution in [0.3, 0.4) is 0 Å². The molecule has 34 heavy (non-hydrogen) atoms. The fourth-order valence-corrected chi connectivity index (χ4v) is 3.84. The zero-order valence-electron chi connectivity index (χ0n) is 20.4. The lowest BCUT2D eigenvalue weighted by Gasteiger charge is -2.19. The van der Waals surface area contributed by atoms with Crippen LogP contribution >= 0.6 is 7.82 Å². The van der Waals surface area contributed by atoms with Gasteiger partial charge in [0.2, 0.25) is 5.91 Å². The van der Waals surface area contributed by atoms with Gasteiger partial charge in [-0.1, -0.05) is 60.0 Å². The van der Waals surface area contributed by atoms with E-state index in [2.05, 4.69) is 0 Å². The van der Waals surface area contributed by atoms with Gasteiger partial charge in [0.05, 0.1) is 0 Å². The monoisotopic (exact) mass is 487 g/mol. The summed E-state index contributed by atoms with van der Waals surface area (Å²) < 4.78 is 34.9. The summed E-state index contributed by atoms with van der Waals surface area (Å²) in [6, 6.07) is 21.6. The molecule has 0 fully saturated rings. The lowest BCUT2D eigenvalue weighted by Crippen LogP contribution is -2.41. The van der Waals surface area contributed by atoms with Crippen LogP contribution in [0.1, 0.15) is 37.0 Å². The van der Waals surface area contributed by atoms with Gasteiger partial charge in [-0.25, -0.2) is 0 Å². The number of phosphoric acid groups is 1. The van der Waals surface area contributed by atoms with Gasteiger partial charge in [0.25, 0.3) is 0 Å². The minimum atomic E-state index is -3.93. The molecule has 0 radical (unpaired) electrons. The topological polar surface area (TPSA) is 100 Å². The predicted molar refractivity (Wildman–Crippen MR) is 134 cm³/mol. The Morgan fingerprint density at radius 2 is 1.00 bits per heavy atom. The molecule has 0 aromatic heterocycles. The van der Waals surface area contributed by atoms with Crippen molar-refractivity contribution in [1.29, 1.82) is 0 Å². The van der Waals surface area contributed by atoms with E-state index < -0.39 is 13.7 Å². The molecule has 0 aliphatic rings. The van der Waals surface area contributed by atoms with Crippen LogP contribution in [0, 0.1) is 20.8 Å². The van der Waals surface area contributed by atoms with Crippen LogP contribution in [-0.4, -0.2) is 17.6 Å². The van der Waals surface area contributed by atoms with E-state index in [-0.39, 0.29) is 0 Å². The summed E-state index contributed by atoms with van der Waals surface area (Å²) in [6.45, 7) is 9.89. The molecule has 3 rings (SSSR count). The van der Waals surface area contributed by atoms with Gasteiger partial charge in [0.15, 0.2) is 0 Å². The van der Waals surface area contributed by atoms with Crippen LogP contribution in [0.5, 0.6) is 17.2 Å². The SMILES string of the molecule is CCOC(N)(O)CC.Cc1ccc(OP(=O)(Oc2ccc(C)cc2)Oc2ccc(C)cc2)cc1. The van der Waals surface area contributed by atoms with Crippen molar-refractivity contribution in [2.45, 2.75) is 47.0 Å². The number of aliphatic hydroxyl groups is 1. The lowest BCUT2D eigenvalue weighted by molar-refractivity contribution is -0.197. The standard InChI is InChI=1S/C21H21O4P.C5H13NO2/c1-16-4-10-19(11-5-16)23-26(22,24-20-12-6-17(2)7-13-20)25-21-14-8-18(3)9-15-21;1-3-5(6,7)8-4-2/h4-15H,1-3H3;7H,3-4,6H2,1-2H3. The molecular weight excluding hydrogens is 453 g/mol. The predicted octanol–water partition coefficient (Wildman–Crippen LogP) is 6.29. The van der Waals surface area contributed by atoms with Gasteiger partial charge in [-0.2, -0.15) is 4.57 Å². The Kier molecular flexibility index (Phi) is 10.1. The summed E-state index contributed by atoms with van der Waals surface area (Å²) in [7, 11) is -3.93. The second kappa shape index (κ2) is 12.6. The molecule has 0 spiro atoms.